The third kappa shape index (κ3) is 4.56. The van der Waals surface area contributed by atoms with Crippen LogP contribution < -0.4 is 15.6 Å². The van der Waals surface area contributed by atoms with Gasteiger partial charge in [0.15, 0.2) is 0 Å². The summed E-state index contributed by atoms with van der Waals surface area (Å²) in [4.78, 5) is 25.4. The van der Waals surface area contributed by atoms with Gasteiger partial charge >= 0.3 is 0 Å². The number of aryl methyl sites for hydroxylation is 3. The normalized spacial score (nSPS) is 10.9. The first kappa shape index (κ1) is 22.9. The molecule has 0 bridgehead atoms. The van der Waals surface area contributed by atoms with Crippen molar-refractivity contribution in [1.29, 1.82) is 0 Å². The maximum atomic E-state index is 12.8. The molecule has 0 saturated carbocycles. The van der Waals surface area contributed by atoms with Crippen molar-refractivity contribution in [3.63, 3.8) is 0 Å². The third-order valence-electron chi connectivity index (χ3n) is 5.90. The Labute approximate surface area is 208 Å². The number of ether oxygens (including phenoxy) is 1. The molecular formula is C28H25N5O3. The van der Waals surface area contributed by atoms with E-state index >= 15 is 0 Å². The second-order valence-corrected chi connectivity index (χ2v) is 8.52. The van der Waals surface area contributed by atoms with Crippen LogP contribution in [-0.4, -0.2) is 26.2 Å². The number of amides is 2. The van der Waals surface area contributed by atoms with Crippen LogP contribution in [0.2, 0.25) is 0 Å². The Bertz CT molecular complexity index is 1570. The Morgan fingerprint density at radius 3 is 2.22 bits per heavy atom. The molecule has 0 atom stereocenters. The number of aromatic nitrogens is 3. The van der Waals surface area contributed by atoms with Gasteiger partial charge in [0.05, 0.1) is 11.4 Å². The average molecular weight is 480 g/mol. The number of hydrogen-bond acceptors (Lipinski definition) is 4. The summed E-state index contributed by atoms with van der Waals surface area (Å²) in [5, 5.41) is 5.30. The highest BCUT2D eigenvalue weighted by Gasteiger charge is 2.16. The molecule has 180 valence electrons. The Hall–Kier alpha value is -4.85. The quantitative estimate of drug-likeness (QED) is 0.353. The standard InChI is InChI=1S/C28H25N5O3/c1-18-15-19(2)33(31-18)22-11-9-20(10-12-22)27(34)29-30-28(35)26-17-21-16-24(13-14-25(21)32(26)3)36-23-7-5-4-6-8-23/h4-17H,1-3H3,(H,29,34)(H,30,35). The summed E-state index contributed by atoms with van der Waals surface area (Å²) in [7, 11) is 1.80. The summed E-state index contributed by atoms with van der Waals surface area (Å²) in [6.45, 7) is 3.90. The van der Waals surface area contributed by atoms with E-state index in [2.05, 4.69) is 16.0 Å². The van der Waals surface area contributed by atoms with Crippen molar-refractivity contribution < 1.29 is 14.3 Å². The molecule has 0 aliphatic heterocycles. The number of hydrogen-bond donors (Lipinski definition) is 2. The number of nitrogens with one attached hydrogen (secondary N) is 2. The van der Waals surface area contributed by atoms with E-state index in [4.69, 9.17) is 4.74 Å². The fraction of sp³-hybridized carbons (Fsp3) is 0.107. The predicted molar refractivity (Wildman–Crippen MR) is 137 cm³/mol. The lowest BCUT2D eigenvalue weighted by Gasteiger charge is -2.09. The van der Waals surface area contributed by atoms with Gasteiger partial charge in [-0.3, -0.25) is 20.4 Å². The molecule has 5 aromatic rings. The molecule has 8 nitrogen and oxygen atoms in total. The van der Waals surface area contributed by atoms with Gasteiger partial charge in [0.25, 0.3) is 11.8 Å². The van der Waals surface area contributed by atoms with Crippen LogP contribution in [-0.2, 0) is 7.05 Å². The van der Waals surface area contributed by atoms with Crippen LogP contribution in [0.1, 0.15) is 32.2 Å². The van der Waals surface area contributed by atoms with Crippen molar-refractivity contribution in [2.24, 2.45) is 7.05 Å². The Kier molecular flexibility index (Phi) is 6.00. The van der Waals surface area contributed by atoms with Crippen LogP contribution in [0.5, 0.6) is 11.5 Å². The van der Waals surface area contributed by atoms with Crippen molar-refractivity contribution in [1.82, 2.24) is 25.2 Å². The van der Waals surface area contributed by atoms with Crippen LogP contribution >= 0.6 is 0 Å². The van der Waals surface area contributed by atoms with E-state index in [9.17, 15) is 9.59 Å². The molecular weight excluding hydrogens is 454 g/mol. The van der Waals surface area contributed by atoms with E-state index < -0.39 is 11.8 Å². The number of nitrogens with zero attached hydrogens (tertiary/aromatic N) is 3. The molecule has 36 heavy (non-hydrogen) atoms. The second-order valence-electron chi connectivity index (χ2n) is 8.52. The summed E-state index contributed by atoms with van der Waals surface area (Å²) in [6.07, 6.45) is 0. The van der Waals surface area contributed by atoms with Crippen LogP contribution in [0.3, 0.4) is 0 Å². The summed E-state index contributed by atoms with van der Waals surface area (Å²) < 4.78 is 9.48. The topological polar surface area (TPSA) is 90.2 Å². The van der Waals surface area contributed by atoms with Gasteiger partial charge in [-0.15, -0.1) is 0 Å². The molecule has 2 amide bonds. The molecule has 3 aromatic carbocycles. The minimum atomic E-state index is -0.424. The van der Waals surface area contributed by atoms with E-state index in [1.54, 1.807) is 29.8 Å². The predicted octanol–water partition coefficient (Wildman–Crippen LogP) is 4.85. The number of benzene rings is 3. The lowest BCUT2D eigenvalue weighted by molar-refractivity contribution is 0.0842. The summed E-state index contributed by atoms with van der Waals surface area (Å²) in [5.74, 6) is 0.562. The van der Waals surface area contributed by atoms with Crippen molar-refractivity contribution >= 4 is 22.7 Å². The number of rotatable bonds is 5. The minimum absolute atomic E-state index is 0.405. The molecule has 5 rings (SSSR count). The van der Waals surface area contributed by atoms with Crippen LogP contribution in [0.15, 0.2) is 84.9 Å². The molecule has 0 aliphatic carbocycles. The van der Waals surface area contributed by atoms with Crippen molar-refractivity contribution in [2.75, 3.05) is 0 Å². The van der Waals surface area contributed by atoms with Gasteiger partial charge in [0, 0.05) is 29.2 Å². The van der Waals surface area contributed by atoms with Gasteiger partial charge in [-0.1, -0.05) is 18.2 Å². The van der Waals surface area contributed by atoms with E-state index in [0.29, 0.717) is 17.0 Å². The molecule has 0 unspecified atom stereocenters. The Morgan fingerprint density at radius 1 is 0.806 bits per heavy atom. The molecule has 2 N–H and O–H groups in total. The van der Waals surface area contributed by atoms with Gasteiger partial charge in [-0.05, 0) is 80.6 Å². The molecule has 0 fully saturated rings. The first-order valence-corrected chi connectivity index (χ1v) is 11.5. The molecule has 0 spiro atoms. The maximum Gasteiger partial charge on any atom is 0.286 e. The summed E-state index contributed by atoms with van der Waals surface area (Å²) >= 11 is 0. The summed E-state index contributed by atoms with van der Waals surface area (Å²) in [6, 6.07) is 25.9. The van der Waals surface area contributed by atoms with Crippen LogP contribution in [0.25, 0.3) is 16.6 Å². The number of fused-ring (bicyclic) bond motifs is 1. The fourth-order valence-corrected chi connectivity index (χ4v) is 4.13. The van der Waals surface area contributed by atoms with E-state index in [-0.39, 0.29) is 0 Å². The first-order chi connectivity index (χ1) is 17.4. The highest BCUT2D eigenvalue weighted by Crippen LogP contribution is 2.27. The average Bonchev–Trinajstić information content (AvgIpc) is 3.40. The Balaban J connectivity index is 1.26. The highest BCUT2D eigenvalue weighted by molar-refractivity contribution is 6.01. The third-order valence-corrected chi connectivity index (χ3v) is 5.90. The monoisotopic (exact) mass is 479 g/mol. The Morgan fingerprint density at radius 2 is 1.53 bits per heavy atom. The second kappa shape index (κ2) is 9.42. The largest absolute Gasteiger partial charge is 0.457 e. The van der Waals surface area contributed by atoms with Gasteiger partial charge < -0.3 is 9.30 Å². The van der Waals surface area contributed by atoms with Gasteiger partial charge in [-0.25, -0.2) is 4.68 Å². The minimum Gasteiger partial charge on any atom is -0.457 e. The lowest BCUT2D eigenvalue weighted by Crippen LogP contribution is -2.42. The van der Waals surface area contributed by atoms with Crippen molar-refractivity contribution in [2.45, 2.75) is 13.8 Å². The SMILES string of the molecule is Cc1cc(C)n(-c2ccc(C(=O)NNC(=O)c3cc4cc(Oc5ccccc5)ccc4n3C)cc2)n1. The van der Waals surface area contributed by atoms with Gasteiger partial charge in [0.1, 0.15) is 17.2 Å². The number of carbonyl (C=O) groups is 2. The number of para-hydroxylation sites is 1. The molecule has 0 radical (unpaired) electrons. The van der Waals surface area contributed by atoms with Gasteiger partial charge in [-0.2, -0.15) is 5.10 Å². The van der Waals surface area contributed by atoms with Crippen LogP contribution in [0, 0.1) is 13.8 Å². The molecule has 0 saturated heterocycles. The van der Waals surface area contributed by atoms with E-state index in [0.717, 1.165) is 33.7 Å². The molecule has 2 aromatic heterocycles. The molecule has 0 aliphatic rings. The maximum absolute atomic E-state index is 12.8. The van der Waals surface area contributed by atoms with E-state index in [1.165, 1.54) is 0 Å². The molecule has 2 heterocycles. The highest BCUT2D eigenvalue weighted by atomic mass is 16.5. The van der Waals surface area contributed by atoms with Crippen molar-refractivity contribution in [3.05, 3.63) is 108 Å². The van der Waals surface area contributed by atoms with Crippen molar-refractivity contribution in [3.8, 4) is 17.2 Å². The van der Waals surface area contributed by atoms with Crippen LogP contribution in [0.4, 0.5) is 0 Å². The zero-order chi connectivity index (χ0) is 25.2. The first-order valence-electron chi connectivity index (χ1n) is 11.5. The zero-order valence-electron chi connectivity index (χ0n) is 20.1. The van der Waals surface area contributed by atoms with Gasteiger partial charge in [0.2, 0.25) is 0 Å². The zero-order valence-corrected chi connectivity index (χ0v) is 20.1. The summed E-state index contributed by atoms with van der Waals surface area (Å²) in [5.41, 5.74) is 9.46. The number of carbonyl (C=O) groups excluding carboxylic acids is 2. The fourth-order valence-electron chi connectivity index (χ4n) is 4.13. The number of hydrazine groups is 1. The molecule has 8 heteroatoms. The van der Waals surface area contributed by atoms with E-state index in [1.807, 2.05) is 85.3 Å². The lowest BCUT2D eigenvalue weighted by atomic mass is 10.2. The smallest absolute Gasteiger partial charge is 0.286 e.